The molecule has 11 aromatic carbocycles. The normalized spacial score (nSPS) is 12.5. The van der Waals surface area contributed by atoms with E-state index in [4.69, 9.17) is 0 Å². The molecule has 0 unspecified atom stereocenters. The molecule has 0 saturated heterocycles. The van der Waals surface area contributed by atoms with Crippen LogP contribution in [0.25, 0.3) is 88.3 Å². The Balaban J connectivity index is 1.02. The van der Waals surface area contributed by atoms with Gasteiger partial charge in [-0.1, -0.05) is 220 Å². The van der Waals surface area contributed by atoms with Gasteiger partial charge in [0.1, 0.15) is 0 Å². The topological polar surface area (TPSA) is 3.24 Å². The lowest BCUT2D eigenvalue weighted by Gasteiger charge is -2.30. The first kappa shape index (κ1) is 39.3. The summed E-state index contributed by atoms with van der Waals surface area (Å²) in [5.74, 6) is 0. The minimum atomic E-state index is -0.0291. The lowest BCUT2D eigenvalue weighted by atomic mass is 9.82. The molecule has 0 amide bonds. The highest BCUT2D eigenvalue weighted by Crippen LogP contribution is 2.51. The van der Waals surface area contributed by atoms with Gasteiger partial charge in [-0.25, -0.2) is 0 Å². The molecule has 0 atom stereocenters. The molecular weight excluding hydrogens is 795 g/mol. The van der Waals surface area contributed by atoms with E-state index in [0.29, 0.717) is 0 Å². The largest absolute Gasteiger partial charge is 0.310 e. The van der Waals surface area contributed by atoms with Crippen molar-refractivity contribution in [1.82, 2.24) is 0 Å². The molecule has 0 saturated carbocycles. The van der Waals surface area contributed by atoms with Crippen LogP contribution in [0.1, 0.15) is 25.0 Å². The highest BCUT2D eigenvalue weighted by atomic mass is 15.1. The molecule has 1 heteroatoms. The zero-order valence-electron chi connectivity index (χ0n) is 37.1. The Labute approximate surface area is 387 Å². The lowest BCUT2D eigenvalue weighted by Crippen LogP contribution is -2.14. The maximum atomic E-state index is 2.45. The first-order chi connectivity index (χ1) is 32.5. The molecule has 12 rings (SSSR count). The van der Waals surface area contributed by atoms with Crippen molar-refractivity contribution in [3.05, 3.63) is 260 Å². The van der Waals surface area contributed by atoms with E-state index >= 15 is 0 Å². The molecule has 0 spiro atoms. The van der Waals surface area contributed by atoms with Crippen LogP contribution in [0.4, 0.5) is 17.1 Å². The van der Waals surface area contributed by atoms with Gasteiger partial charge < -0.3 is 4.90 Å². The summed E-state index contributed by atoms with van der Waals surface area (Å²) >= 11 is 0. The summed E-state index contributed by atoms with van der Waals surface area (Å²) in [6, 6.07) is 91.5. The molecule has 312 valence electrons. The van der Waals surface area contributed by atoms with E-state index in [2.05, 4.69) is 267 Å². The molecule has 0 aromatic heterocycles. The van der Waals surface area contributed by atoms with Gasteiger partial charge in [-0.2, -0.15) is 0 Å². The number of benzene rings is 11. The van der Waals surface area contributed by atoms with Crippen LogP contribution < -0.4 is 4.90 Å². The standard InChI is InChI=1S/C65H47N/c1-65(2)61-26-14-13-23-58(61)60-43-50(35-41-62(60)65)45-32-38-53(39-33-45)66(52-36-30-44(31-37-52)49-34-40-56-51(42-49)29-28-48-20-9-10-21-54(48)56)63-27-15-25-57(47-18-7-4-8-19-47)64(63)59-24-12-11-22-55(59)46-16-5-3-6-17-46/h3-43H,1-2H3. The van der Waals surface area contributed by atoms with Gasteiger partial charge in [0.2, 0.25) is 0 Å². The Morgan fingerprint density at radius 2 is 0.788 bits per heavy atom. The van der Waals surface area contributed by atoms with Crippen molar-refractivity contribution in [2.75, 3.05) is 4.90 Å². The fourth-order valence-corrected chi connectivity index (χ4v) is 10.6. The molecule has 1 aliphatic rings. The summed E-state index contributed by atoms with van der Waals surface area (Å²) in [4.78, 5) is 2.45. The quantitative estimate of drug-likeness (QED) is 0.138. The third kappa shape index (κ3) is 6.71. The molecule has 0 fully saturated rings. The molecule has 0 N–H and O–H groups in total. The van der Waals surface area contributed by atoms with Crippen molar-refractivity contribution in [2.45, 2.75) is 19.3 Å². The van der Waals surface area contributed by atoms with E-state index < -0.39 is 0 Å². The number of hydrogen-bond donors (Lipinski definition) is 0. The fourth-order valence-electron chi connectivity index (χ4n) is 10.6. The maximum absolute atomic E-state index is 2.45. The van der Waals surface area contributed by atoms with E-state index in [0.717, 1.165) is 17.1 Å². The molecule has 0 bridgehead atoms. The number of hydrogen-bond acceptors (Lipinski definition) is 1. The molecular formula is C65H47N. The Morgan fingerprint density at radius 1 is 0.288 bits per heavy atom. The van der Waals surface area contributed by atoms with E-state index in [-0.39, 0.29) is 5.41 Å². The summed E-state index contributed by atoms with van der Waals surface area (Å²) in [5.41, 5.74) is 20.6. The highest BCUT2D eigenvalue weighted by molar-refractivity contribution is 6.08. The molecule has 11 aromatic rings. The van der Waals surface area contributed by atoms with E-state index in [1.807, 2.05) is 0 Å². The SMILES string of the molecule is CC1(C)c2ccccc2-c2cc(-c3ccc(N(c4ccc(-c5ccc6c(ccc7ccccc76)c5)cc4)c4cccc(-c5ccccc5)c4-c4ccccc4-c4ccccc4)cc3)ccc21. The lowest BCUT2D eigenvalue weighted by molar-refractivity contribution is 0.660. The highest BCUT2D eigenvalue weighted by Gasteiger charge is 2.35. The van der Waals surface area contributed by atoms with Crippen LogP contribution in [0.5, 0.6) is 0 Å². The zero-order valence-corrected chi connectivity index (χ0v) is 37.1. The number of rotatable bonds is 8. The summed E-state index contributed by atoms with van der Waals surface area (Å²) in [7, 11) is 0. The van der Waals surface area contributed by atoms with Gasteiger partial charge in [0.15, 0.2) is 0 Å². The Morgan fingerprint density at radius 3 is 1.50 bits per heavy atom. The predicted octanol–water partition coefficient (Wildman–Crippen LogP) is 18.1. The number of anilines is 3. The zero-order chi connectivity index (χ0) is 44.2. The van der Waals surface area contributed by atoms with Gasteiger partial charge in [0.25, 0.3) is 0 Å². The monoisotopic (exact) mass is 841 g/mol. The van der Waals surface area contributed by atoms with Crippen molar-refractivity contribution in [1.29, 1.82) is 0 Å². The predicted molar refractivity (Wildman–Crippen MR) is 281 cm³/mol. The van der Waals surface area contributed by atoms with Crippen LogP contribution in [0, 0.1) is 0 Å². The van der Waals surface area contributed by atoms with Crippen LogP contribution in [0.2, 0.25) is 0 Å². The fraction of sp³-hybridized carbons (Fsp3) is 0.0462. The second kappa shape index (κ2) is 16.1. The third-order valence-corrected chi connectivity index (χ3v) is 13.9. The van der Waals surface area contributed by atoms with E-state index in [1.54, 1.807) is 0 Å². The second-order valence-electron chi connectivity index (χ2n) is 18.1. The van der Waals surface area contributed by atoms with Crippen molar-refractivity contribution < 1.29 is 0 Å². The Hall–Kier alpha value is -8.26. The summed E-state index contributed by atoms with van der Waals surface area (Å²) in [5, 5.41) is 5.07. The second-order valence-corrected chi connectivity index (χ2v) is 18.1. The molecule has 0 heterocycles. The van der Waals surface area contributed by atoms with Gasteiger partial charge in [-0.15, -0.1) is 0 Å². The Bertz CT molecular complexity index is 3580. The van der Waals surface area contributed by atoms with Crippen molar-refractivity contribution in [3.8, 4) is 66.8 Å². The smallest absolute Gasteiger partial charge is 0.0546 e. The minimum absolute atomic E-state index is 0.0291. The first-order valence-corrected chi connectivity index (χ1v) is 23.0. The van der Waals surface area contributed by atoms with Crippen LogP contribution in [0.15, 0.2) is 249 Å². The van der Waals surface area contributed by atoms with Crippen molar-refractivity contribution in [2.24, 2.45) is 0 Å². The molecule has 0 radical (unpaired) electrons. The third-order valence-electron chi connectivity index (χ3n) is 13.9. The van der Waals surface area contributed by atoms with E-state index in [1.165, 1.54) is 99.4 Å². The van der Waals surface area contributed by atoms with Crippen LogP contribution >= 0.6 is 0 Å². The minimum Gasteiger partial charge on any atom is -0.310 e. The molecule has 0 aliphatic heterocycles. The number of fused-ring (bicyclic) bond motifs is 6. The average molecular weight is 842 g/mol. The van der Waals surface area contributed by atoms with Crippen LogP contribution in [-0.4, -0.2) is 0 Å². The summed E-state index contributed by atoms with van der Waals surface area (Å²) < 4.78 is 0. The van der Waals surface area contributed by atoms with Crippen LogP contribution in [0.3, 0.4) is 0 Å². The first-order valence-electron chi connectivity index (χ1n) is 23.0. The van der Waals surface area contributed by atoms with Gasteiger partial charge in [-0.3, -0.25) is 0 Å². The molecule has 66 heavy (non-hydrogen) atoms. The number of nitrogens with zero attached hydrogens (tertiary/aromatic N) is 1. The Kier molecular flexibility index (Phi) is 9.58. The maximum Gasteiger partial charge on any atom is 0.0546 e. The van der Waals surface area contributed by atoms with Crippen molar-refractivity contribution in [3.63, 3.8) is 0 Å². The van der Waals surface area contributed by atoms with Gasteiger partial charge in [-0.05, 0) is 136 Å². The molecule has 1 aliphatic carbocycles. The van der Waals surface area contributed by atoms with E-state index in [9.17, 15) is 0 Å². The summed E-state index contributed by atoms with van der Waals surface area (Å²) in [6.07, 6.45) is 0. The van der Waals surface area contributed by atoms with Gasteiger partial charge >= 0.3 is 0 Å². The van der Waals surface area contributed by atoms with Gasteiger partial charge in [0, 0.05) is 22.4 Å². The average Bonchev–Trinajstić information content (AvgIpc) is 3.62. The molecule has 1 nitrogen and oxygen atoms in total. The summed E-state index contributed by atoms with van der Waals surface area (Å²) in [6.45, 7) is 4.69. The van der Waals surface area contributed by atoms with Crippen LogP contribution in [-0.2, 0) is 5.41 Å². The van der Waals surface area contributed by atoms with Crippen molar-refractivity contribution >= 4 is 38.6 Å². The van der Waals surface area contributed by atoms with Gasteiger partial charge in [0.05, 0.1) is 5.69 Å².